The Hall–Kier alpha value is -8.46. The van der Waals surface area contributed by atoms with Crippen LogP contribution in [0.25, 0.3) is 137 Å². The van der Waals surface area contributed by atoms with Crippen molar-refractivity contribution in [1.82, 2.24) is 4.57 Å². The molecule has 13 aromatic rings. The number of para-hydroxylation sites is 1. The monoisotopic (exact) mass is 839 g/mol. The van der Waals surface area contributed by atoms with Crippen molar-refractivity contribution in [3.05, 3.63) is 224 Å². The minimum atomic E-state index is 0.885. The highest BCUT2D eigenvalue weighted by atomic mass is 16.3. The molecule has 308 valence electrons. The number of fused-ring (bicyclic) bond motifs is 10. The topological polar surface area (TPSA) is 18.1 Å². The lowest BCUT2D eigenvalue weighted by Gasteiger charge is -2.19. The Balaban J connectivity index is 0.965. The van der Waals surface area contributed by atoms with Crippen LogP contribution in [0.1, 0.15) is 12.8 Å². The Morgan fingerprint density at radius 3 is 1.47 bits per heavy atom. The number of hydrogen-bond acceptors (Lipinski definition) is 1. The van der Waals surface area contributed by atoms with Crippen LogP contribution in [0.4, 0.5) is 0 Å². The SMILES string of the molecule is C1=CCCC(n2c3ccccc3c3c(-c4c5ccccc5c(-c5ccc6c(c5)oc5ccc(-c7c8ccccc8c(-c8ccccc8)c8ccccc78)cc56)c5ccccc45)cccc32)=C1. The van der Waals surface area contributed by atoms with Crippen molar-refractivity contribution in [2.45, 2.75) is 12.8 Å². The number of nitrogens with zero attached hydrogens (tertiary/aromatic N) is 1. The van der Waals surface area contributed by atoms with Crippen molar-refractivity contribution in [2.75, 3.05) is 0 Å². The maximum absolute atomic E-state index is 6.80. The second-order valence-corrected chi connectivity index (χ2v) is 17.7. The molecule has 66 heavy (non-hydrogen) atoms. The van der Waals surface area contributed by atoms with Crippen molar-refractivity contribution >= 4 is 92.5 Å². The number of hydrogen-bond donors (Lipinski definition) is 0. The van der Waals surface area contributed by atoms with Gasteiger partial charge in [0.1, 0.15) is 11.2 Å². The molecule has 0 fully saturated rings. The molecule has 11 aromatic carbocycles. The summed E-state index contributed by atoms with van der Waals surface area (Å²) >= 11 is 0. The third-order valence-electron chi connectivity index (χ3n) is 14.2. The molecule has 1 aliphatic rings. The maximum Gasteiger partial charge on any atom is 0.136 e. The lowest BCUT2D eigenvalue weighted by atomic mass is 9.84. The zero-order chi connectivity index (χ0) is 43.3. The summed E-state index contributed by atoms with van der Waals surface area (Å²) < 4.78 is 9.30. The molecule has 0 saturated heterocycles. The first-order chi connectivity index (χ1) is 32.8. The predicted octanol–water partition coefficient (Wildman–Crippen LogP) is 18.2. The van der Waals surface area contributed by atoms with Gasteiger partial charge in [-0.1, -0.05) is 182 Å². The van der Waals surface area contributed by atoms with Crippen LogP contribution in [-0.4, -0.2) is 4.57 Å². The van der Waals surface area contributed by atoms with Gasteiger partial charge in [-0.2, -0.15) is 0 Å². The molecule has 0 N–H and O–H groups in total. The van der Waals surface area contributed by atoms with Crippen LogP contribution in [0.2, 0.25) is 0 Å². The Kier molecular flexibility index (Phi) is 8.14. The van der Waals surface area contributed by atoms with Gasteiger partial charge in [-0.25, -0.2) is 0 Å². The van der Waals surface area contributed by atoms with E-state index < -0.39 is 0 Å². The summed E-state index contributed by atoms with van der Waals surface area (Å²) in [6.45, 7) is 0. The van der Waals surface area contributed by atoms with Crippen molar-refractivity contribution in [1.29, 1.82) is 0 Å². The molecule has 0 atom stereocenters. The molecule has 0 bridgehead atoms. The highest BCUT2D eigenvalue weighted by Gasteiger charge is 2.23. The molecule has 0 saturated carbocycles. The van der Waals surface area contributed by atoms with E-state index in [2.05, 4.69) is 229 Å². The molecule has 14 rings (SSSR count). The third-order valence-corrected chi connectivity index (χ3v) is 14.2. The standard InChI is InChI=1S/C64H41NO/c1-3-18-40(19-4-1)60-45-22-7-9-24-47(45)61(48-25-10-8-23-46(48)60)41-35-37-58-55(38-41)44-36-34-42(39-59(44)66-58)62-49-26-11-13-28-51(49)63(52-29-14-12-27-50(52)62)54-31-17-33-57-64(54)53-30-15-16-32-56(53)65(57)43-20-5-2-6-21-43/h1-5,7-20,22-39H,6,21H2. The average Bonchev–Trinajstić information content (AvgIpc) is 3.93. The lowest BCUT2D eigenvalue weighted by molar-refractivity contribution is 0.669. The molecule has 2 aromatic heterocycles. The zero-order valence-electron chi connectivity index (χ0n) is 36.1. The van der Waals surface area contributed by atoms with Crippen LogP contribution in [-0.2, 0) is 0 Å². The van der Waals surface area contributed by atoms with Crippen LogP contribution in [0.5, 0.6) is 0 Å². The van der Waals surface area contributed by atoms with E-state index in [-0.39, 0.29) is 0 Å². The molecule has 0 amide bonds. The van der Waals surface area contributed by atoms with Gasteiger partial charge in [0.2, 0.25) is 0 Å². The number of benzene rings is 11. The molecule has 0 radical (unpaired) electrons. The molecule has 2 heteroatoms. The van der Waals surface area contributed by atoms with Crippen LogP contribution in [0, 0.1) is 0 Å². The van der Waals surface area contributed by atoms with Gasteiger partial charge >= 0.3 is 0 Å². The van der Waals surface area contributed by atoms with Gasteiger partial charge in [0, 0.05) is 27.2 Å². The Bertz CT molecular complexity index is 4100. The van der Waals surface area contributed by atoms with Crippen LogP contribution >= 0.6 is 0 Å². The minimum absolute atomic E-state index is 0.885. The van der Waals surface area contributed by atoms with Crippen molar-refractivity contribution in [2.24, 2.45) is 0 Å². The minimum Gasteiger partial charge on any atom is -0.456 e. The molecular weight excluding hydrogens is 799 g/mol. The fourth-order valence-electron chi connectivity index (χ4n) is 11.5. The summed E-state index contributed by atoms with van der Waals surface area (Å²) in [6, 6.07) is 75.9. The van der Waals surface area contributed by atoms with Crippen LogP contribution in [0.15, 0.2) is 229 Å². The summed E-state index contributed by atoms with van der Waals surface area (Å²) in [5.41, 5.74) is 15.4. The smallest absolute Gasteiger partial charge is 0.136 e. The third kappa shape index (κ3) is 5.42. The molecule has 2 nitrogen and oxygen atoms in total. The normalized spacial score (nSPS) is 13.1. The number of furan rings is 1. The largest absolute Gasteiger partial charge is 0.456 e. The van der Waals surface area contributed by atoms with Crippen molar-refractivity contribution < 1.29 is 4.42 Å². The number of rotatable bonds is 5. The van der Waals surface area contributed by atoms with E-state index >= 15 is 0 Å². The number of allylic oxidation sites excluding steroid dienone is 4. The Morgan fingerprint density at radius 1 is 0.348 bits per heavy atom. The van der Waals surface area contributed by atoms with Crippen LogP contribution in [0.3, 0.4) is 0 Å². The first-order valence-corrected chi connectivity index (χ1v) is 23.1. The lowest BCUT2D eigenvalue weighted by Crippen LogP contribution is -1.98. The van der Waals surface area contributed by atoms with E-state index in [1.54, 1.807) is 0 Å². The van der Waals surface area contributed by atoms with E-state index in [1.807, 2.05) is 0 Å². The van der Waals surface area contributed by atoms with Gasteiger partial charge in [0.25, 0.3) is 0 Å². The first-order valence-electron chi connectivity index (χ1n) is 23.1. The molecule has 2 heterocycles. The van der Waals surface area contributed by atoms with E-state index in [0.29, 0.717) is 0 Å². The fraction of sp³-hybridized carbons (Fsp3) is 0.0312. The van der Waals surface area contributed by atoms with E-state index in [0.717, 1.165) is 40.3 Å². The Morgan fingerprint density at radius 2 is 0.864 bits per heavy atom. The highest BCUT2D eigenvalue weighted by molar-refractivity contribution is 6.27. The average molecular weight is 840 g/mol. The summed E-state index contributed by atoms with van der Waals surface area (Å²) in [7, 11) is 0. The summed E-state index contributed by atoms with van der Waals surface area (Å²) in [5.74, 6) is 0. The molecule has 0 spiro atoms. The maximum atomic E-state index is 6.80. The summed E-state index contributed by atoms with van der Waals surface area (Å²) in [6.07, 6.45) is 8.82. The molecular formula is C64H41NO. The second kappa shape index (κ2) is 14.5. The van der Waals surface area contributed by atoms with Gasteiger partial charge in [-0.3, -0.25) is 0 Å². The first kappa shape index (κ1) is 37.0. The van der Waals surface area contributed by atoms with Gasteiger partial charge in [-0.15, -0.1) is 0 Å². The molecule has 0 aliphatic heterocycles. The number of aromatic nitrogens is 1. The fourth-order valence-corrected chi connectivity index (χ4v) is 11.5. The van der Waals surface area contributed by atoms with E-state index in [9.17, 15) is 0 Å². The summed E-state index contributed by atoms with van der Waals surface area (Å²) in [5, 5.41) is 14.7. The molecule has 0 unspecified atom stereocenters. The van der Waals surface area contributed by atoms with Crippen LogP contribution < -0.4 is 0 Å². The van der Waals surface area contributed by atoms with Gasteiger partial charge in [0.05, 0.1) is 11.0 Å². The van der Waals surface area contributed by atoms with E-state index in [1.165, 1.54) is 110 Å². The van der Waals surface area contributed by atoms with E-state index in [4.69, 9.17) is 4.42 Å². The van der Waals surface area contributed by atoms with Crippen molar-refractivity contribution in [3.8, 4) is 44.5 Å². The quantitative estimate of drug-likeness (QED) is 0.158. The van der Waals surface area contributed by atoms with Crippen molar-refractivity contribution in [3.63, 3.8) is 0 Å². The predicted molar refractivity (Wildman–Crippen MR) is 281 cm³/mol. The Labute approximate surface area is 381 Å². The van der Waals surface area contributed by atoms with Gasteiger partial charge in [0.15, 0.2) is 0 Å². The second-order valence-electron chi connectivity index (χ2n) is 17.7. The van der Waals surface area contributed by atoms with Gasteiger partial charge in [-0.05, 0) is 143 Å². The van der Waals surface area contributed by atoms with Gasteiger partial charge < -0.3 is 8.98 Å². The molecule has 1 aliphatic carbocycles. The highest BCUT2D eigenvalue weighted by Crippen LogP contribution is 2.49. The summed E-state index contributed by atoms with van der Waals surface area (Å²) in [4.78, 5) is 0. The zero-order valence-corrected chi connectivity index (χ0v) is 36.1.